The zero-order valence-electron chi connectivity index (χ0n) is 12.8. The summed E-state index contributed by atoms with van der Waals surface area (Å²) in [5.74, 6) is 0.761. The topological polar surface area (TPSA) is 82.8 Å². The van der Waals surface area contributed by atoms with Crippen LogP contribution in [0.2, 0.25) is 0 Å². The smallest absolute Gasteiger partial charge is 0.250 e. The van der Waals surface area contributed by atoms with E-state index in [1.807, 2.05) is 0 Å². The quantitative estimate of drug-likeness (QED) is 0.537. The molecule has 118 valence electrons. The molecule has 0 saturated carbocycles. The molecule has 0 heterocycles. The van der Waals surface area contributed by atoms with E-state index in [-0.39, 0.29) is 12.5 Å². The molecule has 3 N–H and O–H groups in total. The van der Waals surface area contributed by atoms with Gasteiger partial charge in [0.25, 0.3) is 0 Å². The normalized spacial score (nSPS) is 10.7. The Bertz CT molecular complexity index is 449. The maximum absolute atomic E-state index is 11.7. The molecule has 6 heteroatoms. The first-order valence-corrected chi connectivity index (χ1v) is 6.91. The number of hydrogen-bond acceptors (Lipinski definition) is 5. The first-order valence-electron chi connectivity index (χ1n) is 6.91. The maximum Gasteiger partial charge on any atom is 0.250 e. The fraction of sp³-hybridized carbons (Fsp3) is 0.533. The Morgan fingerprint density at radius 3 is 2.67 bits per heavy atom. The van der Waals surface area contributed by atoms with Crippen molar-refractivity contribution in [1.82, 2.24) is 0 Å². The van der Waals surface area contributed by atoms with E-state index < -0.39 is 0 Å². The summed E-state index contributed by atoms with van der Waals surface area (Å²) in [7, 11) is 1.52. The molecule has 0 saturated heterocycles. The van der Waals surface area contributed by atoms with E-state index in [2.05, 4.69) is 19.2 Å². The molecule has 0 fully saturated rings. The zero-order chi connectivity index (χ0) is 15.7. The maximum atomic E-state index is 11.7. The van der Waals surface area contributed by atoms with Crippen LogP contribution in [0, 0.1) is 5.92 Å². The summed E-state index contributed by atoms with van der Waals surface area (Å²) in [6.45, 7) is 5.69. The summed E-state index contributed by atoms with van der Waals surface area (Å²) in [5.41, 5.74) is 6.79. The number of methoxy groups -OCH3 is 1. The van der Waals surface area contributed by atoms with Gasteiger partial charge in [-0.3, -0.25) is 4.79 Å². The van der Waals surface area contributed by atoms with Crippen molar-refractivity contribution in [1.29, 1.82) is 0 Å². The molecule has 0 spiro atoms. The number of benzene rings is 1. The van der Waals surface area contributed by atoms with Crippen molar-refractivity contribution in [2.45, 2.75) is 13.8 Å². The summed E-state index contributed by atoms with van der Waals surface area (Å²) >= 11 is 0. The second kappa shape index (κ2) is 9.20. The van der Waals surface area contributed by atoms with Gasteiger partial charge in [0, 0.05) is 18.4 Å². The lowest BCUT2D eigenvalue weighted by Crippen LogP contribution is -2.20. The highest BCUT2D eigenvalue weighted by molar-refractivity contribution is 5.93. The predicted octanol–water partition coefficient (Wildman–Crippen LogP) is 1.91. The average Bonchev–Trinajstić information content (AvgIpc) is 2.44. The van der Waals surface area contributed by atoms with Gasteiger partial charge in [0.1, 0.15) is 12.4 Å². The average molecular weight is 296 g/mol. The summed E-state index contributed by atoms with van der Waals surface area (Å²) in [6, 6.07) is 5.03. The van der Waals surface area contributed by atoms with Crippen LogP contribution in [0.1, 0.15) is 13.8 Å². The van der Waals surface area contributed by atoms with Gasteiger partial charge in [-0.05, 0) is 18.1 Å². The molecule has 0 aliphatic carbocycles. The van der Waals surface area contributed by atoms with E-state index in [1.165, 1.54) is 7.11 Å². The molecule has 6 nitrogen and oxygen atoms in total. The molecular weight excluding hydrogens is 272 g/mol. The van der Waals surface area contributed by atoms with Crippen molar-refractivity contribution in [3.63, 3.8) is 0 Å². The summed E-state index contributed by atoms with van der Waals surface area (Å²) in [5, 5.41) is 2.71. The van der Waals surface area contributed by atoms with E-state index >= 15 is 0 Å². The Hall–Kier alpha value is -1.79. The monoisotopic (exact) mass is 296 g/mol. The Balaban J connectivity index is 2.28. The lowest BCUT2D eigenvalue weighted by molar-refractivity contribution is -0.121. The third-order valence-electron chi connectivity index (χ3n) is 2.56. The predicted molar refractivity (Wildman–Crippen MR) is 82.5 cm³/mol. The number of nitrogens with one attached hydrogen (secondary N) is 1. The van der Waals surface area contributed by atoms with E-state index in [9.17, 15) is 4.79 Å². The molecule has 0 aliphatic rings. The van der Waals surface area contributed by atoms with Crippen molar-refractivity contribution in [3.8, 4) is 5.75 Å². The molecule has 0 atom stereocenters. The highest BCUT2D eigenvalue weighted by atomic mass is 16.5. The SMILES string of the molecule is COc1cc(N)ccc1NC(=O)COCCOCC(C)C. The number of carbonyl (C=O) groups excluding carboxylic acids is 1. The number of hydrogen-bond donors (Lipinski definition) is 2. The summed E-state index contributed by atoms with van der Waals surface area (Å²) < 4.78 is 15.7. The molecular formula is C15H24N2O4. The van der Waals surface area contributed by atoms with Crippen LogP contribution in [0.3, 0.4) is 0 Å². The van der Waals surface area contributed by atoms with Gasteiger partial charge in [0.15, 0.2) is 0 Å². The van der Waals surface area contributed by atoms with Crippen LogP contribution in [0.5, 0.6) is 5.75 Å². The van der Waals surface area contributed by atoms with Gasteiger partial charge < -0.3 is 25.3 Å². The molecule has 1 rings (SSSR count). The minimum Gasteiger partial charge on any atom is -0.494 e. The Labute approximate surface area is 125 Å². The number of anilines is 2. The minimum absolute atomic E-state index is 0.0292. The minimum atomic E-state index is -0.248. The first-order chi connectivity index (χ1) is 10.0. The summed E-state index contributed by atoms with van der Waals surface area (Å²) in [4.78, 5) is 11.7. The van der Waals surface area contributed by atoms with Gasteiger partial charge in [-0.15, -0.1) is 0 Å². The van der Waals surface area contributed by atoms with Crippen LogP contribution < -0.4 is 15.8 Å². The second-order valence-electron chi connectivity index (χ2n) is 5.03. The van der Waals surface area contributed by atoms with Crippen LogP contribution in [0.15, 0.2) is 18.2 Å². The highest BCUT2D eigenvalue weighted by Gasteiger charge is 2.08. The standard InChI is InChI=1S/C15H24N2O4/c1-11(2)9-20-6-7-21-10-15(18)17-13-5-4-12(16)8-14(13)19-3/h4-5,8,11H,6-7,9-10,16H2,1-3H3,(H,17,18). The van der Waals surface area contributed by atoms with Gasteiger partial charge in [-0.2, -0.15) is 0 Å². The van der Waals surface area contributed by atoms with Crippen LogP contribution in [-0.4, -0.2) is 39.4 Å². The third-order valence-corrected chi connectivity index (χ3v) is 2.56. The summed E-state index contributed by atoms with van der Waals surface area (Å²) in [6.07, 6.45) is 0. The number of ether oxygens (including phenoxy) is 3. The highest BCUT2D eigenvalue weighted by Crippen LogP contribution is 2.26. The number of nitrogen functional groups attached to an aromatic ring is 1. The largest absolute Gasteiger partial charge is 0.494 e. The van der Waals surface area contributed by atoms with Crippen molar-refractivity contribution in [2.24, 2.45) is 5.92 Å². The van der Waals surface area contributed by atoms with Gasteiger partial charge >= 0.3 is 0 Å². The molecule has 0 bridgehead atoms. The second-order valence-corrected chi connectivity index (χ2v) is 5.03. The molecule has 0 unspecified atom stereocenters. The van der Waals surface area contributed by atoms with Crippen LogP contribution in [-0.2, 0) is 14.3 Å². The number of rotatable bonds is 9. The fourth-order valence-electron chi connectivity index (χ4n) is 1.60. The molecule has 1 amide bonds. The van der Waals surface area contributed by atoms with Crippen molar-refractivity contribution in [2.75, 3.05) is 44.6 Å². The molecule has 1 aromatic carbocycles. The van der Waals surface area contributed by atoms with Crippen molar-refractivity contribution < 1.29 is 19.0 Å². The van der Waals surface area contributed by atoms with E-state index in [0.29, 0.717) is 42.9 Å². The van der Waals surface area contributed by atoms with Gasteiger partial charge in [0.05, 0.1) is 26.0 Å². The Kier molecular flexibility index (Phi) is 7.56. The zero-order valence-corrected chi connectivity index (χ0v) is 12.8. The fourth-order valence-corrected chi connectivity index (χ4v) is 1.60. The Morgan fingerprint density at radius 1 is 1.29 bits per heavy atom. The van der Waals surface area contributed by atoms with E-state index in [1.54, 1.807) is 18.2 Å². The van der Waals surface area contributed by atoms with Crippen LogP contribution in [0.25, 0.3) is 0 Å². The number of carbonyl (C=O) groups is 1. The molecule has 21 heavy (non-hydrogen) atoms. The van der Waals surface area contributed by atoms with E-state index in [0.717, 1.165) is 0 Å². The van der Waals surface area contributed by atoms with E-state index in [4.69, 9.17) is 19.9 Å². The van der Waals surface area contributed by atoms with Crippen LogP contribution >= 0.6 is 0 Å². The number of amides is 1. The Morgan fingerprint density at radius 2 is 2.00 bits per heavy atom. The van der Waals surface area contributed by atoms with Gasteiger partial charge in [-0.1, -0.05) is 13.8 Å². The van der Waals surface area contributed by atoms with Crippen molar-refractivity contribution in [3.05, 3.63) is 18.2 Å². The molecule has 0 aromatic heterocycles. The van der Waals surface area contributed by atoms with Gasteiger partial charge in [-0.25, -0.2) is 0 Å². The molecule has 1 aromatic rings. The molecule has 0 radical (unpaired) electrons. The number of nitrogens with two attached hydrogens (primary N) is 1. The lowest BCUT2D eigenvalue weighted by atomic mass is 10.2. The van der Waals surface area contributed by atoms with Gasteiger partial charge in [0.2, 0.25) is 5.91 Å². The van der Waals surface area contributed by atoms with Crippen molar-refractivity contribution >= 4 is 17.3 Å². The van der Waals surface area contributed by atoms with Crippen LogP contribution in [0.4, 0.5) is 11.4 Å². The third kappa shape index (κ3) is 6.97. The first kappa shape index (κ1) is 17.3. The lowest BCUT2D eigenvalue weighted by Gasteiger charge is -2.11. The molecule has 0 aliphatic heterocycles.